The quantitative estimate of drug-likeness (QED) is 0.378. The van der Waals surface area contributed by atoms with Gasteiger partial charge in [-0.3, -0.25) is 0 Å². The number of ether oxygens (including phenoxy) is 1. The van der Waals surface area contributed by atoms with E-state index in [9.17, 15) is 23.1 Å². The maximum Gasteiger partial charge on any atom is 0.417 e. The van der Waals surface area contributed by atoms with Gasteiger partial charge in [0.2, 0.25) is 0 Å². The van der Waals surface area contributed by atoms with Gasteiger partial charge in [0.05, 0.1) is 10.6 Å². The van der Waals surface area contributed by atoms with Crippen LogP contribution in [0.5, 0.6) is 11.5 Å². The number of halogens is 4. The summed E-state index contributed by atoms with van der Waals surface area (Å²) >= 11 is 5.62. The molecule has 0 radical (unpaired) electrons. The van der Waals surface area contributed by atoms with Crippen molar-refractivity contribution in [3.8, 4) is 11.5 Å². The minimum atomic E-state index is -4.61. The molecule has 0 fully saturated rings. The van der Waals surface area contributed by atoms with Crippen LogP contribution in [-0.4, -0.2) is 21.0 Å². The van der Waals surface area contributed by atoms with Crippen LogP contribution in [0.1, 0.15) is 16.1 Å². The Bertz CT molecular complexity index is 1290. The third-order valence-electron chi connectivity index (χ3n) is 4.08. The van der Waals surface area contributed by atoms with Crippen LogP contribution >= 0.6 is 11.6 Å². The summed E-state index contributed by atoms with van der Waals surface area (Å²) in [5.41, 5.74) is -0.485. The molecule has 0 aliphatic rings. The van der Waals surface area contributed by atoms with Gasteiger partial charge in [-0.2, -0.15) is 18.2 Å². The van der Waals surface area contributed by atoms with Crippen molar-refractivity contribution in [1.82, 2.24) is 9.97 Å². The summed E-state index contributed by atoms with van der Waals surface area (Å²) in [4.78, 5) is 19.2. The second-order valence-electron chi connectivity index (χ2n) is 6.22. The number of oxazole rings is 1. The first-order valence-corrected chi connectivity index (χ1v) is 8.99. The lowest BCUT2D eigenvalue weighted by atomic mass is 10.2. The molecular weight excluding hydrogens is 439 g/mol. The van der Waals surface area contributed by atoms with Gasteiger partial charge in [0.15, 0.2) is 17.0 Å². The van der Waals surface area contributed by atoms with Crippen molar-refractivity contribution in [2.75, 3.05) is 5.32 Å². The van der Waals surface area contributed by atoms with Gasteiger partial charge in [0.1, 0.15) is 11.3 Å². The van der Waals surface area contributed by atoms with E-state index >= 15 is 0 Å². The summed E-state index contributed by atoms with van der Waals surface area (Å²) in [6.07, 6.45) is -3.28. The fraction of sp³-hybridized carbons (Fsp3) is 0.0500. The number of anilines is 2. The number of nitrogens with zero attached hydrogens (tertiary/aromatic N) is 2. The predicted molar refractivity (Wildman–Crippen MR) is 105 cm³/mol. The fourth-order valence-electron chi connectivity index (χ4n) is 2.73. The number of carbonyl (C=O) groups is 1. The molecule has 158 valence electrons. The van der Waals surface area contributed by atoms with E-state index in [0.29, 0.717) is 11.1 Å². The van der Waals surface area contributed by atoms with Gasteiger partial charge in [0, 0.05) is 18.0 Å². The summed E-state index contributed by atoms with van der Waals surface area (Å²) in [5, 5.41) is 11.4. The summed E-state index contributed by atoms with van der Waals surface area (Å²) in [5.74, 6) is -0.934. The number of carboxylic acids is 1. The fourth-order valence-corrected chi connectivity index (χ4v) is 2.95. The van der Waals surface area contributed by atoms with Crippen molar-refractivity contribution in [3.05, 3.63) is 71.0 Å². The number of alkyl halides is 3. The van der Waals surface area contributed by atoms with Crippen LogP contribution in [0.15, 0.2) is 59.1 Å². The second-order valence-corrected chi connectivity index (χ2v) is 6.63. The van der Waals surface area contributed by atoms with Crippen molar-refractivity contribution in [3.63, 3.8) is 0 Å². The largest absolute Gasteiger partial charge is 0.476 e. The maximum atomic E-state index is 13.0. The van der Waals surface area contributed by atoms with E-state index in [-0.39, 0.29) is 28.9 Å². The number of hydrogen-bond donors (Lipinski definition) is 2. The highest BCUT2D eigenvalue weighted by Crippen LogP contribution is 2.37. The number of pyridine rings is 1. The van der Waals surface area contributed by atoms with Crippen LogP contribution in [0.4, 0.5) is 24.9 Å². The van der Waals surface area contributed by atoms with Crippen LogP contribution in [0.2, 0.25) is 5.02 Å². The smallest absolute Gasteiger partial charge is 0.417 e. The van der Waals surface area contributed by atoms with Crippen LogP contribution < -0.4 is 10.1 Å². The van der Waals surface area contributed by atoms with E-state index in [1.165, 1.54) is 42.6 Å². The van der Waals surface area contributed by atoms with Gasteiger partial charge in [-0.25, -0.2) is 9.78 Å². The molecule has 0 atom stereocenters. The number of rotatable bonds is 5. The average Bonchev–Trinajstić information content (AvgIpc) is 3.10. The Morgan fingerprint density at radius 3 is 2.71 bits per heavy atom. The Hall–Kier alpha value is -3.79. The highest BCUT2D eigenvalue weighted by molar-refractivity contribution is 6.31. The number of aromatic carboxylic acids is 1. The zero-order valence-electron chi connectivity index (χ0n) is 15.3. The minimum Gasteiger partial charge on any atom is -0.476 e. The highest BCUT2D eigenvalue weighted by Gasteiger charge is 2.33. The van der Waals surface area contributed by atoms with E-state index in [1.54, 1.807) is 0 Å². The molecule has 4 aromatic rings. The first kappa shape index (κ1) is 20.5. The molecule has 31 heavy (non-hydrogen) atoms. The normalized spacial score (nSPS) is 11.5. The highest BCUT2D eigenvalue weighted by atomic mass is 35.5. The molecule has 0 aliphatic carbocycles. The molecule has 0 saturated carbocycles. The Balaban J connectivity index is 1.60. The van der Waals surface area contributed by atoms with Crippen molar-refractivity contribution < 1.29 is 32.2 Å². The minimum absolute atomic E-state index is 0.0389. The van der Waals surface area contributed by atoms with E-state index < -0.39 is 22.7 Å². The molecule has 2 aromatic carbocycles. The SMILES string of the molecule is O=C(O)c1ncccc1Oc1ccc2oc(Nc3ccc(Cl)c(C(F)(F)F)c3)nc2c1. The number of hydrogen-bond acceptors (Lipinski definition) is 6. The molecule has 2 N–H and O–H groups in total. The molecule has 11 heteroatoms. The van der Waals surface area contributed by atoms with E-state index in [4.69, 9.17) is 20.8 Å². The molecule has 0 spiro atoms. The molecule has 2 aromatic heterocycles. The zero-order valence-corrected chi connectivity index (χ0v) is 16.0. The van der Waals surface area contributed by atoms with Crippen molar-refractivity contribution in [2.45, 2.75) is 6.18 Å². The second kappa shape index (κ2) is 7.80. The van der Waals surface area contributed by atoms with Crippen LogP contribution in [0, 0.1) is 0 Å². The molecule has 2 heterocycles. The molecule has 7 nitrogen and oxygen atoms in total. The van der Waals surface area contributed by atoms with E-state index in [2.05, 4.69) is 15.3 Å². The first-order chi connectivity index (χ1) is 14.7. The van der Waals surface area contributed by atoms with E-state index in [0.717, 1.165) is 12.1 Å². The molecular formula is C20H11ClF3N3O4. The molecule has 0 amide bonds. The molecule has 0 unspecified atom stereocenters. The monoisotopic (exact) mass is 449 g/mol. The number of benzene rings is 2. The predicted octanol–water partition coefficient (Wildman–Crippen LogP) is 6.13. The third-order valence-corrected chi connectivity index (χ3v) is 4.41. The van der Waals surface area contributed by atoms with Crippen molar-refractivity contribution in [1.29, 1.82) is 0 Å². The number of fused-ring (bicyclic) bond motifs is 1. The summed E-state index contributed by atoms with van der Waals surface area (Å²) in [6, 6.07) is 10.8. The number of nitrogens with one attached hydrogen (secondary N) is 1. The lowest BCUT2D eigenvalue weighted by Gasteiger charge is -2.10. The number of aromatic nitrogens is 2. The van der Waals surface area contributed by atoms with Gasteiger partial charge >= 0.3 is 12.1 Å². The zero-order chi connectivity index (χ0) is 22.2. The Kier molecular flexibility index (Phi) is 5.15. The van der Waals surface area contributed by atoms with Crippen LogP contribution in [-0.2, 0) is 6.18 Å². The number of carboxylic acid groups (broad SMARTS) is 1. The first-order valence-electron chi connectivity index (χ1n) is 8.61. The van der Waals surface area contributed by atoms with Crippen molar-refractivity contribution in [2.24, 2.45) is 0 Å². The Morgan fingerprint density at radius 1 is 1.16 bits per heavy atom. The Morgan fingerprint density at radius 2 is 1.97 bits per heavy atom. The molecule has 0 bridgehead atoms. The van der Waals surface area contributed by atoms with Crippen molar-refractivity contribution >= 4 is 40.4 Å². The molecule has 0 aliphatic heterocycles. The summed E-state index contributed by atoms with van der Waals surface area (Å²) in [6.45, 7) is 0. The van der Waals surface area contributed by atoms with Crippen LogP contribution in [0.25, 0.3) is 11.1 Å². The lowest BCUT2D eigenvalue weighted by molar-refractivity contribution is -0.137. The topological polar surface area (TPSA) is 97.5 Å². The van der Waals surface area contributed by atoms with Gasteiger partial charge in [0.25, 0.3) is 6.01 Å². The summed E-state index contributed by atoms with van der Waals surface area (Å²) in [7, 11) is 0. The van der Waals surface area contributed by atoms with Gasteiger partial charge in [-0.15, -0.1) is 0 Å². The molecule has 4 rings (SSSR count). The van der Waals surface area contributed by atoms with Gasteiger partial charge in [-0.05, 0) is 42.5 Å². The average molecular weight is 450 g/mol. The lowest BCUT2D eigenvalue weighted by Crippen LogP contribution is -2.06. The maximum absolute atomic E-state index is 13.0. The third kappa shape index (κ3) is 4.38. The summed E-state index contributed by atoms with van der Waals surface area (Å²) < 4.78 is 50.2. The van der Waals surface area contributed by atoms with Crippen LogP contribution in [0.3, 0.4) is 0 Å². The standard InChI is InChI=1S/C20H11ClF3N3O4/c21-13-5-3-10(8-12(13)20(22,23)24)26-19-27-14-9-11(4-6-15(14)31-19)30-16-2-1-7-25-17(16)18(28)29/h1-9H,(H,26,27)(H,28,29). The van der Waals surface area contributed by atoms with Gasteiger partial charge in [-0.1, -0.05) is 11.6 Å². The Labute approximate surface area is 177 Å². The van der Waals surface area contributed by atoms with E-state index in [1.807, 2.05) is 0 Å². The van der Waals surface area contributed by atoms with Gasteiger partial charge < -0.3 is 19.6 Å². The molecule has 0 saturated heterocycles.